The number of nitrogens with zero attached hydrogens (tertiary/aromatic N) is 4. The Morgan fingerprint density at radius 1 is 1.13 bits per heavy atom. The highest BCUT2D eigenvalue weighted by Crippen LogP contribution is 2.31. The van der Waals surface area contributed by atoms with Crippen molar-refractivity contribution in [3.8, 4) is 0 Å². The molecule has 1 fully saturated rings. The van der Waals surface area contributed by atoms with Crippen molar-refractivity contribution >= 4 is 32.3 Å². The van der Waals surface area contributed by atoms with Crippen molar-refractivity contribution in [3.63, 3.8) is 0 Å². The van der Waals surface area contributed by atoms with E-state index < -0.39 is 15.8 Å². The number of anilines is 2. The second-order valence-electron chi connectivity index (χ2n) is 7.29. The molecule has 0 spiro atoms. The quantitative estimate of drug-likeness (QED) is 0.636. The molecule has 7 nitrogen and oxygen atoms in total. The third kappa shape index (κ3) is 4.35. The molecule has 0 amide bonds. The summed E-state index contributed by atoms with van der Waals surface area (Å²) in [6, 6.07) is 9.81. The molecule has 1 saturated heterocycles. The molecular weight excluding hydrogens is 425 g/mol. The lowest BCUT2D eigenvalue weighted by molar-refractivity contribution is 0.316. The largest absolute Gasteiger partial charge is 0.315 e. The highest BCUT2D eigenvalue weighted by molar-refractivity contribution is 7.89. The van der Waals surface area contributed by atoms with Crippen LogP contribution in [0.5, 0.6) is 0 Å². The molecule has 2 aromatic heterocycles. The maximum Gasteiger partial charge on any atom is 0.243 e. The fourth-order valence-electron chi connectivity index (χ4n) is 3.48. The number of sulfonamides is 1. The van der Waals surface area contributed by atoms with Crippen LogP contribution in [-0.4, -0.2) is 41.0 Å². The van der Waals surface area contributed by atoms with Gasteiger partial charge < -0.3 is 5.32 Å². The van der Waals surface area contributed by atoms with Gasteiger partial charge in [-0.05, 0) is 56.5 Å². The summed E-state index contributed by atoms with van der Waals surface area (Å²) in [6.07, 6.45) is 1.31. The summed E-state index contributed by atoms with van der Waals surface area (Å²) in [4.78, 5) is 4.68. The van der Waals surface area contributed by atoms with Crippen LogP contribution in [0.2, 0.25) is 0 Å². The molecule has 4 rings (SSSR count). The number of aryl methyl sites for hydroxylation is 2. The summed E-state index contributed by atoms with van der Waals surface area (Å²) < 4.78 is 41.0. The summed E-state index contributed by atoms with van der Waals surface area (Å²) in [7, 11) is -3.71. The van der Waals surface area contributed by atoms with Crippen LogP contribution < -0.4 is 5.32 Å². The first-order chi connectivity index (χ1) is 14.3. The molecule has 1 aromatic carbocycles. The van der Waals surface area contributed by atoms with Crippen molar-refractivity contribution in [2.75, 3.05) is 18.4 Å². The van der Waals surface area contributed by atoms with Crippen molar-refractivity contribution in [2.24, 2.45) is 0 Å². The predicted octanol–water partition coefficient (Wildman–Crippen LogP) is 4.00. The molecule has 0 unspecified atom stereocenters. The van der Waals surface area contributed by atoms with Crippen LogP contribution in [0.3, 0.4) is 0 Å². The summed E-state index contributed by atoms with van der Waals surface area (Å²) in [5.74, 6) is 0.336. The number of piperidine rings is 1. The molecule has 0 atom stereocenters. The van der Waals surface area contributed by atoms with E-state index in [1.165, 1.54) is 27.8 Å². The lowest BCUT2D eigenvalue weighted by Crippen LogP contribution is -2.38. The Kier molecular flexibility index (Phi) is 5.81. The number of hydrogen-bond acceptors (Lipinski definition) is 7. The summed E-state index contributed by atoms with van der Waals surface area (Å²) in [6.45, 7) is 4.24. The van der Waals surface area contributed by atoms with Crippen molar-refractivity contribution < 1.29 is 12.8 Å². The van der Waals surface area contributed by atoms with Gasteiger partial charge in [-0.25, -0.2) is 17.8 Å². The third-order valence-corrected chi connectivity index (χ3v) is 7.83. The topological polar surface area (TPSA) is 88.1 Å². The Morgan fingerprint density at radius 3 is 2.57 bits per heavy atom. The van der Waals surface area contributed by atoms with Crippen LogP contribution in [-0.2, 0) is 10.0 Å². The molecule has 0 bridgehead atoms. The minimum atomic E-state index is -3.71. The first-order valence-corrected chi connectivity index (χ1v) is 11.9. The number of pyridine rings is 1. The Balaban J connectivity index is 1.44. The number of benzene rings is 1. The van der Waals surface area contributed by atoms with Gasteiger partial charge in [-0.15, -0.1) is 10.2 Å². The maximum atomic E-state index is 13.9. The van der Waals surface area contributed by atoms with Crippen LogP contribution >= 0.6 is 11.3 Å². The molecule has 30 heavy (non-hydrogen) atoms. The molecule has 1 aliphatic rings. The molecule has 158 valence electrons. The first kappa shape index (κ1) is 20.8. The van der Waals surface area contributed by atoms with E-state index in [-0.39, 0.29) is 10.8 Å². The Labute approximate surface area is 179 Å². The molecule has 1 N–H and O–H groups in total. The zero-order valence-electron chi connectivity index (χ0n) is 16.7. The SMILES string of the molecule is Cc1nnc(Nc2cccc(C3CCN(S(=O)(=O)c4ccc(C)c(F)c4)CC3)n2)s1. The normalized spacial score (nSPS) is 16.0. The number of halogens is 1. The third-order valence-electron chi connectivity index (χ3n) is 5.18. The van der Waals surface area contributed by atoms with Crippen molar-refractivity contribution in [1.82, 2.24) is 19.5 Å². The fourth-order valence-corrected chi connectivity index (χ4v) is 5.56. The minimum absolute atomic E-state index is 0.000670. The minimum Gasteiger partial charge on any atom is -0.315 e. The molecule has 0 aliphatic carbocycles. The smallest absolute Gasteiger partial charge is 0.243 e. The van der Waals surface area contributed by atoms with Crippen LogP contribution in [0.25, 0.3) is 0 Å². The molecule has 0 saturated carbocycles. The number of hydrogen-bond donors (Lipinski definition) is 1. The van der Waals surface area contributed by atoms with Gasteiger partial charge in [0.2, 0.25) is 15.2 Å². The van der Waals surface area contributed by atoms with Gasteiger partial charge in [0.15, 0.2) is 0 Å². The number of nitrogens with one attached hydrogen (secondary N) is 1. The van der Waals surface area contributed by atoms with Crippen LogP contribution in [0.1, 0.15) is 35.0 Å². The van der Waals surface area contributed by atoms with E-state index in [1.54, 1.807) is 6.92 Å². The summed E-state index contributed by atoms with van der Waals surface area (Å²) in [5, 5.41) is 12.7. The molecule has 3 aromatic rings. The van der Waals surface area contributed by atoms with Crippen molar-refractivity contribution in [1.29, 1.82) is 0 Å². The van der Waals surface area contributed by atoms with Crippen LogP contribution in [0, 0.1) is 19.7 Å². The van der Waals surface area contributed by atoms with Gasteiger partial charge in [0.1, 0.15) is 16.6 Å². The predicted molar refractivity (Wildman–Crippen MR) is 114 cm³/mol. The van der Waals surface area contributed by atoms with E-state index in [9.17, 15) is 12.8 Å². The average Bonchev–Trinajstić information content (AvgIpc) is 3.15. The maximum absolute atomic E-state index is 13.9. The van der Waals surface area contributed by atoms with E-state index >= 15 is 0 Å². The average molecular weight is 448 g/mol. The molecule has 1 aliphatic heterocycles. The Morgan fingerprint density at radius 2 is 1.90 bits per heavy atom. The molecular formula is C20H22FN5O2S2. The summed E-state index contributed by atoms with van der Waals surface area (Å²) in [5.41, 5.74) is 1.34. The molecule has 0 radical (unpaired) electrons. The molecule has 3 heterocycles. The Bertz CT molecular complexity index is 1160. The van der Waals surface area contributed by atoms with Gasteiger partial charge in [-0.3, -0.25) is 0 Å². The van der Waals surface area contributed by atoms with Gasteiger partial charge >= 0.3 is 0 Å². The number of aromatic nitrogens is 3. The second kappa shape index (κ2) is 8.37. The lowest BCUT2D eigenvalue weighted by Gasteiger charge is -2.31. The van der Waals surface area contributed by atoms with E-state index in [0.29, 0.717) is 42.4 Å². The summed E-state index contributed by atoms with van der Waals surface area (Å²) >= 11 is 1.45. The monoisotopic (exact) mass is 447 g/mol. The zero-order chi connectivity index (χ0) is 21.3. The fraction of sp³-hybridized carbons (Fsp3) is 0.350. The van der Waals surface area contributed by atoms with Gasteiger partial charge in [0.25, 0.3) is 0 Å². The molecule has 10 heteroatoms. The van der Waals surface area contributed by atoms with Gasteiger partial charge in [0.05, 0.1) is 4.90 Å². The van der Waals surface area contributed by atoms with Gasteiger partial charge in [0, 0.05) is 24.7 Å². The highest BCUT2D eigenvalue weighted by Gasteiger charge is 2.30. The first-order valence-electron chi connectivity index (χ1n) is 9.63. The van der Waals surface area contributed by atoms with Crippen molar-refractivity contribution in [3.05, 3.63) is 58.5 Å². The number of rotatable bonds is 5. The zero-order valence-corrected chi connectivity index (χ0v) is 18.3. The lowest BCUT2D eigenvalue weighted by atomic mass is 9.94. The van der Waals surface area contributed by atoms with Gasteiger partial charge in [-0.2, -0.15) is 4.31 Å². The van der Waals surface area contributed by atoms with E-state index in [4.69, 9.17) is 0 Å². The standard InChI is InChI=1S/C20H22FN5O2S2/c1-13-6-7-16(12-17(13)21)30(27,28)26-10-8-15(9-11-26)18-4-3-5-19(22-18)23-20-25-24-14(2)29-20/h3-7,12,15H,8-11H2,1-2H3,(H,22,23,25). The van der Waals surface area contributed by atoms with E-state index in [1.807, 2.05) is 25.1 Å². The van der Waals surface area contributed by atoms with E-state index in [0.717, 1.165) is 16.8 Å². The van der Waals surface area contributed by atoms with Gasteiger partial charge in [-0.1, -0.05) is 23.5 Å². The second-order valence-corrected chi connectivity index (χ2v) is 10.4. The van der Waals surface area contributed by atoms with Crippen molar-refractivity contribution in [2.45, 2.75) is 37.5 Å². The highest BCUT2D eigenvalue weighted by atomic mass is 32.2. The van der Waals surface area contributed by atoms with Crippen LogP contribution in [0.4, 0.5) is 15.3 Å². The van der Waals surface area contributed by atoms with E-state index in [2.05, 4.69) is 20.5 Å². The van der Waals surface area contributed by atoms with Crippen LogP contribution in [0.15, 0.2) is 41.3 Å². The Hall–Kier alpha value is -2.43.